The predicted molar refractivity (Wildman–Crippen MR) is 78.9 cm³/mol. The van der Waals surface area contributed by atoms with Gasteiger partial charge in [0.1, 0.15) is 0 Å². The molecule has 1 aromatic carbocycles. The molecule has 2 saturated heterocycles. The number of rotatable bonds is 4. The van der Waals surface area contributed by atoms with Crippen molar-refractivity contribution in [3.05, 3.63) is 35.4 Å². The molecule has 4 nitrogen and oxygen atoms in total. The van der Waals surface area contributed by atoms with Crippen LogP contribution in [0.15, 0.2) is 24.3 Å². The van der Waals surface area contributed by atoms with Crippen molar-refractivity contribution in [2.24, 2.45) is 5.92 Å². The standard InChI is InChI=1S/C17H21NO3/c1-11-2-4-12(5-3-11)6-9-16(19)18-13-7-8-15(18)14(10-13)17(20)21/h2-5,13-15H,6-10H2,1H3,(H,20,21). The first kappa shape index (κ1) is 14.1. The van der Waals surface area contributed by atoms with Crippen LogP contribution in [-0.4, -0.2) is 34.0 Å². The number of amides is 1. The first-order valence-corrected chi connectivity index (χ1v) is 7.66. The molecule has 2 aliphatic rings. The Labute approximate surface area is 124 Å². The second-order valence-corrected chi connectivity index (χ2v) is 6.27. The molecule has 3 atom stereocenters. The van der Waals surface area contributed by atoms with Gasteiger partial charge in [-0.1, -0.05) is 29.8 Å². The Kier molecular flexibility index (Phi) is 3.70. The van der Waals surface area contributed by atoms with Crippen molar-refractivity contribution in [2.75, 3.05) is 0 Å². The Morgan fingerprint density at radius 1 is 1.24 bits per heavy atom. The fourth-order valence-electron chi connectivity index (χ4n) is 3.78. The zero-order chi connectivity index (χ0) is 15.0. The van der Waals surface area contributed by atoms with Gasteiger partial charge >= 0.3 is 5.97 Å². The lowest BCUT2D eigenvalue weighted by Crippen LogP contribution is -2.37. The maximum absolute atomic E-state index is 12.4. The van der Waals surface area contributed by atoms with E-state index in [1.165, 1.54) is 5.56 Å². The fraction of sp³-hybridized carbons (Fsp3) is 0.529. The van der Waals surface area contributed by atoms with E-state index >= 15 is 0 Å². The lowest BCUT2D eigenvalue weighted by atomic mass is 9.89. The lowest BCUT2D eigenvalue weighted by Gasteiger charge is -2.23. The highest BCUT2D eigenvalue weighted by molar-refractivity contribution is 5.80. The number of carbonyl (C=O) groups excluding carboxylic acids is 1. The highest BCUT2D eigenvalue weighted by Crippen LogP contribution is 2.42. The maximum Gasteiger partial charge on any atom is 0.308 e. The number of benzene rings is 1. The smallest absolute Gasteiger partial charge is 0.308 e. The van der Waals surface area contributed by atoms with E-state index in [0.29, 0.717) is 12.8 Å². The van der Waals surface area contributed by atoms with Gasteiger partial charge < -0.3 is 10.0 Å². The summed E-state index contributed by atoms with van der Waals surface area (Å²) < 4.78 is 0. The summed E-state index contributed by atoms with van der Waals surface area (Å²) in [7, 11) is 0. The summed E-state index contributed by atoms with van der Waals surface area (Å²) in [6.07, 6.45) is 3.65. The van der Waals surface area contributed by atoms with Gasteiger partial charge in [-0.05, 0) is 38.2 Å². The Hall–Kier alpha value is -1.84. The van der Waals surface area contributed by atoms with E-state index < -0.39 is 5.97 Å². The number of aryl methyl sites for hydroxylation is 2. The summed E-state index contributed by atoms with van der Waals surface area (Å²) >= 11 is 0. The summed E-state index contributed by atoms with van der Waals surface area (Å²) in [6, 6.07) is 8.31. The van der Waals surface area contributed by atoms with E-state index in [4.69, 9.17) is 0 Å². The van der Waals surface area contributed by atoms with Gasteiger partial charge in [-0.25, -0.2) is 0 Å². The van der Waals surface area contributed by atoms with Crippen LogP contribution in [0.4, 0.5) is 0 Å². The molecule has 2 heterocycles. The minimum absolute atomic E-state index is 0.0713. The van der Waals surface area contributed by atoms with Crippen molar-refractivity contribution in [3.8, 4) is 0 Å². The summed E-state index contributed by atoms with van der Waals surface area (Å²) in [5.41, 5.74) is 2.38. The number of aliphatic carboxylic acids is 1. The molecule has 2 bridgehead atoms. The van der Waals surface area contributed by atoms with Crippen LogP contribution in [-0.2, 0) is 16.0 Å². The molecule has 21 heavy (non-hydrogen) atoms. The Balaban J connectivity index is 1.61. The molecular formula is C17H21NO3. The van der Waals surface area contributed by atoms with E-state index in [1.807, 2.05) is 11.8 Å². The van der Waals surface area contributed by atoms with Crippen molar-refractivity contribution in [2.45, 2.75) is 51.1 Å². The van der Waals surface area contributed by atoms with Crippen LogP contribution in [0.1, 0.15) is 36.8 Å². The quantitative estimate of drug-likeness (QED) is 0.925. The van der Waals surface area contributed by atoms with Crippen LogP contribution in [0.3, 0.4) is 0 Å². The maximum atomic E-state index is 12.4. The third-order valence-corrected chi connectivity index (χ3v) is 4.89. The molecule has 112 valence electrons. The molecule has 0 aromatic heterocycles. The summed E-state index contributed by atoms with van der Waals surface area (Å²) in [6.45, 7) is 2.04. The number of carboxylic acid groups (broad SMARTS) is 1. The Bertz CT molecular complexity index is 552. The molecule has 2 aliphatic heterocycles. The molecule has 0 aliphatic carbocycles. The number of carboxylic acids is 1. The van der Waals surface area contributed by atoms with Crippen molar-refractivity contribution in [1.29, 1.82) is 0 Å². The summed E-state index contributed by atoms with van der Waals surface area (Å²) in [5, 5.41) is 9.23. The van der Waals surface area contributed by atoms with E-state index in [9.17, 15) is 14.7 Å². The average Bonchev–Trinajstić information content (AvgIpc) is 3.04. The minimum Gasteiger partial charge on any atom is -0.481 e. The first-order chi connectivity index (χ1) is 10.1. The van der Waals surface area contributed by atoms with Crippen LogP contribution in [0.5, 0.6) is 0 Å². The zero-order valence-electron chi connectivity index (χ0n) is 12.3. The van der Waals surface area contributed by atoms with E-state index in [1.54, 1.807) is 0 Å². The zero-order valence-corrected chi connectivity index (χ0v) is 12.3. The molecule has 2 fully saturated rings. The molecular weight excluding hydrogens is 266 g/mol. The van der Waals surface area contributed by atoms with Crippen molar-refractivity contribution < 1.29 is 14.7 Å². The van der Waals surface area contributed by atoms with Crippen LogP contribution in [0.25, 0.3) is 0 Å². The van der Waals surface area contributed by atoms with Crippen molar-refractivity contribution in [1.82, 2.24) is 4.90 Å². The third kappa shape index (κ3) is 2.67. The number of hydrogen-bond donors (Lipinski definition) is 1. The van der Waals surface area contributed by atoms with Gasteiger partial charge in [0.05, 0.1) is 5.92 Å². The second-order valence-electron chi connectivity index (χ2n) is 6.27. The van der Waals surface area contributed by atoms with E-state index in [-0.39, 0.29) is 23.9 Å². The van der Waals surface area contributed by atoms with Crippen molar-refractivity contribution >= 4 is 11.9 Å². The highest BCUT2D eigenvalue weighted by atomic mass is 16.4. The number of nitrogens with zero attached hydrogens (tertiary/aromatic N) is 1. The third-order valence-electron chi connectivity index (χ3n) is 4.89. The van der Waals surface area contributed by atoms with Crippen LogP contribution in [0, 0.1) is 12.8 Å². The highest BCUT2D eigenvalue weighted by Gasteiger charge is 2.50. The van der Waals surface area contributed by atoms with Gasteiger partial charge in [-0.15, -0.1) is 0 Å². The molecule has 1 amide bonds. The van der Waals surface area contributed by atoms with Crippen LogP contribution in [0.2, 0.25) is 0 Å². The molecule has 0 saturated carbocycles. The van der Waals surface area contributed by atoms with Gasteiger partial charge in [0.15, 0.2) is 0 Å². The van der Waals surface area contributed by atoms with Crippen LogP contribution >= 0.6 is 0 Å². The number of fused-ring (bicyclic) bond motifs is 2. The van der Waals surface area contributed by atoms with Gasteiger partial charge in [0.2, 0.25) is 5.91 Å². The van der Waals surface area contributed by atoms with Gasteiger partial charge in [0, 0.05) is 18.5 Å². The largest absolute Gasteiger partial charge is 0.481 e. The average molecular weight is 287 g/mol. The number of hydrogen-bond acceptors (Lipinski definition) is 2. The summed E-state index contributed by atoms with van der Waals surface area (Å²) in [5.74, 6) is -0.988. The Morgan fingerprint density at radius 2 is 1.95 bits per heavy atom. The second kappa shape index (κ2) is 5.51. The molecule has 1 N–H and O–H groups in total. The van der Waals surface area contributed by atoms with Crippen LogP contribution < -0.4 is 0 Å². The first-order valence-electron chi connectivity index (χ1n) is 7.66. The lowest BCUT2D eigenvalue weighted by molar-refractivity contribution is -0.143. The van der Waals surface area contributed by atoms with E-state index in [2.05, 4.69) is 24.3 Å². The summed E-state index contributed by atoms with van der Waals surface area (Å²) in [4.78, 5) is 25.5. The predicted octanol–water partition coefficient (Wildman–Crippen LogP) is 2.39. The Morgan fingerprint density at radius 3 is 2.57 bits per heavy atom. The van der Waals surface area contributed by atoms with E-state index in [0.717, 1.165) is 24.8 Å². The normalized spacial score (nSPS) is 27.1. The molecule has 0 radical (unpaired) electrons. The monoisotopic (exact) mass is 287 g/mol. The molecule has 3 rings (SSSR count). The van der Waals surface area contributed by atoms with Crippen molar-refractivity contribution in [3.63, 3.8) is 0 Å². The van der Waals surface area contributed by atoms with Gasteiger partial charge in [0.25, 0.3) is 0 Å². The molecule has 4 heteroatoms. The SMILES string of the molecule is Cc1ccc(CCC(=O)N2C3CCC2C(C(=O)O)C3)cc1. The molecule has 1 aromatic rings. The molecule has 3 unspecified atom stereocenters. The topological polar surface area (TPSA) is 57.6 Å². The fourth-order valence-corrected chi connectivity index (χ4v) is 3.78. The van der Waals surface area contributed by atoms with Gasteiger partial charge in [-0.2, -0.15) is 0 Å². The molecule has 0 spiro atoms. The number of carbonyl (C=O) groups is 2. The van der Waals surface area contributed by atoms with Gasteiger partial charge in [-0.3, -0.25) is 9.59 Å². The minimum atomic E-state index is -0.751.